The van der Waals surface area contributed by atoms with Gasteiger partial charge in [-0.15, -0.1) is 0 Å². The molecular formula is C9H18O3S. The van der Waals surface area contributed by atoms with Gasteiger partial charge in [0.1, 0.15) is 6.79 Å². The molecular weight excluding hydrogens is 188 g/mol. The smallest absolute Gasteiger partial charge is 0.194 e. The van der Waals surface area contributed by atoms with E-state index in [9.17, 15) is 4.79 Å². The lowest BCUT2D eigenvalue weighted by molar-refractivity contribution is -0.117. The van der Waals surface area contributed by atoms with E-state index in [0.29, 0.717) is 6.61 Å². The molecule has 78 valence electrons. The number of aliphatic hydroxyl groups excluding tert-OH is 1. The topological polar surface area (TPSA) is 46.5 Å². The number of ether oxygens (including phenoxy) is 1. The number of rotatable bonds is 5. The molecule has 0 saturated carbocycles. The van der Waals surface area contributed by atoms with Crippen LogP contribution in [0.1, 0.15) is 27.2 Å². The summed E-state index contributed by atoms with van der Waals surface area (Å²) in [6, 6.07) is 0. The Bertz CT molecular complexity index is 151. The van der Waals surface area contributed by atoms with Gasteiger partial charge < -0.3 is 9.84 Å². The second-order valence-corrected chi connectivity index (χ2v) is 4.84. The summed E-state index contributed by atoms with van der Waals surface area (Å²) in [5.74, 6) is 0.760. The van der Waals surface area contributed by atoms with Gasteiger partial charge in [-0.05, 0) is 6.42 Å². The molecule has 0 aliphatic carbocycles. The number of carbonyl (C=O) groups is 1. The van der Waals surface area contributed by atoms with Crippen molar-refractivity contribution < 1.29 is 14.6 Å². The Morgan fingerprint density at radius 2 is 2.08 bits per heavy atom. The fourth-order valence-electron chi connectivity index (χ4n) is 0.607. The standard InChI is InChI=1S/C9H18O3S/c1-9(2,3)8(11)13-6-4-5-12-7-10/h10H,4-7H2,1-3H3. The van der Waals surface area contributed by atoms with Crippen LogP contribution in [0.5, 0.6) is 0 Å². The van der Waals surface area contributed by atoms with Gasteiger partial charge in [0, 0.05) is 11.2 Å². The average molecular weight is 206 g/mol. The zero-order valence-corrected chi connectivity index (χ0v) is 9.32. The second kappa shape index (κ2) is 6.40. The fraction of sp³-hybridized carbons (Fsp3) is 0.889. The van der Waals surface area contributed by atoms with Crippen molar-refractivity contribution in [2.45, 2.75) is 27.2 Å². The Labute approximate surface area is 83.9 Å². The molecule has 0 saturated heterocycles. The normalized spacial score (nSPS) is 11.7. The fourth-order valence-corrected chi connectivity index (χ4v) is 1.49. The van der Waals surface area contributed by atoms with E-state index in [1.807, 2.05) is 20.8 Å². The van der Waals surface area contributed by atoms with Crippen molar-refractivity contribution in [3.8, 4) is 0 Å². The van der Waals surface area contributed by atoms with Crippen molar-refractivity contribution in [3.05, 3.63) is 0 Å². The largest absolute Gasteiger partial charge is 0.371 e. The van der Waals surface area contributed by atoms with Crippen LogP contribution < -0.4 is 0 Å². The first kappa shape index (κ1) is 12.9. The molecule has 0 aliphatic heterocycles. The predicted octanol–water partition coefficient (Wildman–Crippen LogP) is 1.65. The summed E-state index contributed by atoms with van der Waals surface area (Å²) in [5, 5.41) is 8.51. The van der Waals surface area contributed by atoms with Crippen LogP contribution in [0.2, 0.25) is 0 Å². The van der Waals surface area contributed by atoms with E-state index < -0.39 is 0 Å². The average Bonchev–Trinajstić information content (AvgIpc) is 2.02. The maximum absolute atomic E-state index is 11.4. The van der Waals surface area contributed by atoms with E-state index in [4.69, 9.17) is 9.84 Å². The van der Waals surface area contributed by atoms with Crippen LogP contribution in [-0.4, -0.2) is 29.4 Å². The molecule has 0 rings (SSSR count). The van der Waals surface area contributed by atoms with Gasteiger partial charge in [0.05, 0.1) is 6.61 Å². The Morgan fingerprint density at radius 3 is 2.54 bits per heavy atom. The Hall–Kier alpha value is -0.0600. The van der Waals surface area contributed by atoms with Crippen LogP contribution in [0.3, 0.4) is 0 Å². The first-order valence-electron chi connectivity index (χ1n) is 4.34. The van der Waals surface area contributed by atoms with Crippen LogP contribution in [0.15, 0.2) is 0 Å². The lowest BCUT2D eigenvalue weighted by Crippen LogP contribution is -2.17. The molecule has 0 heterocycles. The highest BCUT2D eigenvalue weighted by Gasteiger charge is 2.20. The summed E-state index contributed by atoms with van der Waals surface area (Å²) >= 11 is 1.33. The number of hydrogen-bond donors (Lipinski definition) is 1. The highest BCUT2D eigenvalue weighted by Crippen LogP contribution is 2.22. The van der Waals surface area contributed by atoms with Crippen LogP contribution in [0.4, 0.5) is 0 Å². The molecule has 0 spiro atoms. The second-order valence-electron chi connectivity index (χ2n) is 3.78. The minimum atomic E-state index is -0.261. The van der Waals surface area contributed by atoms with Crippen molar-refractivity contribution in [1.29, 1.82) is 0 Å². The molecule has 3 nitrogen and oxygen atoms in total. The van der Waals surface area contributed by atoms with Gasteiger partial charge in [0.2, 0.25) is 0 Å². The lowest BCUT2D eigenvalue weighted by atomic mass is 10.00. The molecule has 0 aromatic carbocycles. The van der Waals surface area contributed by atoms with E-state index in [1.54, 1.807) is 0 Å². The van der Waals surface area contributed by atoms with Crippen LogP contribution >= 0.6 is 11.8 Å². The molecule has 0 aliphatic rings. The van der Waals surface area contributed by atoms with Gasteiger partial charge in [-0.3, -0.25) is 4.79 Å². The third-order valence-electron chi connectivity index (χ3n) is 1.37. The van der Waals surface area contributed by atoms with Gasteiger partial charge in [-0.2, -0.15) is 0 Å². The maximum atomic E-state index is 11.4. The molecule has 4 heteroatoms. The first-order chi connectivity index (χ1) is 5.98. The third-order valence-corrected chi connectivity index (χ3v) is 2.74. The molecule has 0 radical (unpaired) electrons. The van der Waals surface area contributed by atoms with Gasteiger partial charge in [-0.25, -0.2) is 0 Å². The summed E-state index contributed by atoms with van der Waals surface area (Å²) in [4.78, 5) is 11.4. The Balaban J connectivity index is 3.38. The highest BCUT2D eigenvalue weighted by molar-refractivity contribution is 8.13. The molecule has 0 bridgehead atoms. The van der Waals surface area contributed by atoms with Crippen molar-refractivity contribution >= 4 is 16.9 Å². The van der Waals surface area contributed by atoms with Gasteiger partial charge in [0.15, 0.2) is 5.12 Å². The highest BCUT2D eigenvalue weighted by atomic mass is 32.2. The quantitative estimate of drug-likeness (QED) is 0.549. The molecule has 0 aromatic rings. The van der Waals surface area contributed by atoms with Gasteiger partial charge >= 0.3 is 0 Å². The Kier molecular flexibility index (Phi) is 6.37. The van der Waals surface area contributed by atoms with Crippen LogP contribution in [-0.2, 0) is 9.53 Å². The maximum Gasteiger partial charge on any atom is 0.194 e. The summed E-state index contributed by atoms with van der Waals surface area (Å²) in [5.41, 5.74) is -0.261. The zero-order valence-electron chi connectivity index (χ0n) is 8.50. The Morgan fingerprint density at radius 1 is 1.46 bits per heavy atom. The monoisotopic (exact) mass is 206 g/mol. The van der Waals surface area contributed by atoms with Gasteiger partial charge in [-0.1, -0.05) is 32.5 Å². The molecule has 0 aromatic heterocycles. The summed E-state index contributed by atoms with van der Waals surface area (Å²) in [6.07, 6.45) is 0.799. The van der Waals surface area contributed by atoms with Gasteiger partial charge in [0.25, 0.3) is 0 Å². The van der Waals surface area contributed by atoms with E-state index in [0.717, 1.165) is 12.2 Å². The number of aliphatic hydroxyl groups is 1. The van der Waals surface area contributed by atoms with Crippen molar-refractivity contribution in [1.82, 2.24) is 0 Å². The first-order valence-corrected chi connectivity index (χ1v) is 5.33. The SMILES string of the molecule is CC(C)(C)C(=O)SCCCOCO. The number of hydrogen-bond acceptors (Lipinski definition) is 4. The van der Waals surface area contributed by atoms with Crippen LogP contribution in [0, 0.1) is 5.41 Å². The minimum Gasteiger partial charge on any atom is -0.371 e. The van der Waals surface area contributed by atoms with E-state index >= 15 is 0 Å². The minimum absolute atomic E-state index is 0.205. The third kappa shape index (κ3) is 7.05. The van der Waals surface area contributed by atoms with E-state index in [2.05, 4.69) is 0 Å². The lowest BCUT2D eigenvalue weighted by Gasteiger charge is -2.15. The number of carbonyl (C=O) groups excluding carboxylic acids is 1. The molecule has 0 amide bonds. The van der Waals surface area contributed by atoms with Crippen molar-refractivity contribution in [3.63, 3.8) is 0 Å². The molecule has 1 N–H and O–H groups in total. The van der Waals surface area contributed by atoms with Crippen LogP contribution in [0.25, 0.3) is 0 Å². The molecule has 0 unspecified atom stereocenters. The van der Waals surface area contributed by atoms with Crippen molar-refractivity contribution in [2.24, 2.45) is 5.41 Å². The summed E-state index contributed by atoms with van der Waals surface area (Å²) in [6.45, 7) is 6.00. The van der Waals surface area contributed by atoms with E-state index in [1.165, 1.54) is 11.8 Å². The molecule has 13 heavy (non-hydrogen) atoms. The van der Waals surface area contributed by atoms with E-state index in [-0.39, 0.29) is 17.3 Å². The molecule has 0 atom stereocenters. The van der Waals surface area contributed by atoms with Crippen molar-refractivity contribution in [2.75, 3.05) is 19.2 Å². The number of thioether (sulfide) groups is 1. The predicted molar refractivity (Wildman–Crippen MR) is 54.6 cm³/mol. The summed E-state index contributed by atoms with van der Waals surface area (Å²) in [7, 11) is 0. The molecule has 0 fully saturated rings. The zero-order chi connectivity index (χ0) is 10.3. The summed E-state index contributed by atoms with van der Waals surface area (Å²) < 4.78 is 4.73.